The molecule has 17 heavy (non-hydrogen) atoms. The number of nitrogens with zero attached hydrogens (tertiary/aromatic N) is 3. The maximum Gasteiger partial charge on any atom is 0.339 e. The van der Waals surface area contributed by atoms with E-state index in [1.165, 1.54) is 6.20 Å². The van der Waals surface area contributed by atoms with Crippen molar-refractivity contribution in [2.75, 3.05) is 26.8 Å². The summed E-state index contributed by atoms with van der Waals surface area (Å²) in [5.41, 5.74) is 0.985. The molecule has 0 aromatic carbocycles. The summed E-state index contributed by atoms with van der Waals surface area (Å²) in [4.78, 5) is 13.1. The van der Waals surface area contributed by atoms with E-state index >= 15 is 0 Å². The fraction of sp³-hybridized carbons (Fsp3) is 0.636. The van der Waals surface area contributed by atoms with E-state index < -0.39 is 5.97 Å². The Morgan fingerprint density at radius 1 is 1.65 bits per heavy atom. The highest BCUT2D eigenvalue weighted by Crippen LogP contribution is 2.10. The first kappa shape index (κ1) is 13.7. The van der Waals surface area contributed by atoms with Crippen LogP contribution in [0.3, 0.4) is 0 Å². The molecule has 0 atom stereocenters. The van der Waals surface area contributed by atoms with E-state index in [1.54, 1.807) is 18.8 Å². The van der Waals surface area contributed by atoms with Crippen molar-refractivity contribution in [1.82, 2.24) is 14.7 Å². The number of carbonyl (C=O) groups is 1. The van der Waals surface area contributed by atoms with Gasteiger partial charge >= 0.3 is 5.97 Å². The number of hydrogen-bond acceptors (Lipinski definition) is 4. The number of rotatable bonds is 7. The van der Waals surface area contributed by atoms with Gasteiger partial charge in [0.1, 0.15) is 5.56 Å². The number of carboxylic acids is 1. The summed E-state index contributed by atoms with van der Waals surface area (Å²) in [6.45, 7) is 4.85. The molecule has 0 aliphatic rings. The van der Waals surface area contributed by atoms with Gasteiger partial charge in [0.25, 0.3) is 0 Å². The van der Waals surface area contributed by atoms with Gasteiger partial charge in [0.05, 0.1) is 18.5 Å². The van der Waals surface area contributed by atoms with Crippen molar-refractivity contribution in [2.45, 2.75) is 13.5 Å². The van der Waals surface area contributed by atoms with Crippen LogP contribution in [0, 0.1) is 0 Å². The molecule has 6 heteroatoms. The van der Waals surface area contributed by atoms with E-state index in [0.29, 0.717) is 13.2 Å². The van der Waals surface area contributed by atoms with Crippen LogP contribution in [-0.4, -0.2) is 52.6 Å². The number of methoxy groups -OCH3 is 1. The Balaban J connectivity index is 2.77. The van der Waals surface area contributed by atoms with Gasteiger partial charge in [-0.2, -0.15) is 5.10 Å². The molecule has 0 fully saturated rings. The third-order valence-corrected chi connectivity index (χ3v) is 2.72. The summed E-state index contributed by atoms with van der Waals surface area (Å²) in [7, 11) is 3.41. The molecule has 0 amide bonds. The summed E-state index contributed by atoms with van der Waals surface area (Å²) in [5, 5.41) is 13.0. The fourth-order valence-electron chi connectivity index (χ4n) is 1.61. The van der Waals surface area contributed by atoms with Crippen LogP contribution in [0.2, 0.25) is 0 Å². The second-order valence-electron chi connectivity index (χ2n) is 3.80. The third-order valence-electron chi connectivity index (χ3n) is 2.72. The number of aryl methyl sites for hydroxylation is 1. The predicted octanol–water partition coefficient (Wildman–Crippen LogP) is 0.587. The Labute approximate surface area is 101 Å². The molecule has 0 aliphatic heterocycles. The molecule has 0 unspecified atom stereocenters. The Morgan fingerprint density at radius 3 is 2.88 bits per heavy atom. The average molecular weight is 241 g/mol. The molecular formula is C11H19N3O3. The number of aromatic nitrogens is 2. The first-order valence-electron chi connectivity index (χ1n) is 5.55. The predicted molar refractivity (Wildman–Crippen MR) is 63.0 cm³/mol. The van der Waals surface area contributed by atoms with Crippen LogP contribution in [0.15, 0.2) is 6.20 Å². The molecule has 1 N–H and O–H groups in total. The van der Waals surface area contributed by atoms with Crippen LogP contribution < -0.4 is 0 Å². The van der Waals surface area contributed by atoms with E-state index in [-0.39, 0.29) is 5.56 Å². The van der Waals surface area contributed by atoms with Crippen molar-refractivity contribution in [3.8, 4) is 0 Å². The minimum atomic E-state index is -0.934. The second kappa shape index (κ2) is 6.36. The molecule has 1 heterocycles. The van der Waals surface area contributed by atoms with Gasteiger partial charge in [0.15, 0.2) is 0 Å². The molecule has 1 aromatic heterocycles. The minimum absolute atomic E-state index is 0.267. The normalized spacial score (nSPS) is 11.1. The molecule has 1 aromatic rings. The van der Waals surface area contributed by atoms with Crippen molar-refractivity contribution in [2.24, 2.45) is 7.05 Å². The number of ether oxygens (including phenoxy) is 1. The van der Waals surface area contributed by atoms with E-state index in [1.807, 2.05) is 6.92 Å². The van der Waals surface area contributed by atoms with Crippen molar-refractivity contribution < 1.29 is 14.6 Å². The number of hydrogen-bond donors (Lipinski definition) is 1. The van der Waals surface area contributed by atoms with Gasteiger partial charge in [0, 0.05) is 27.2 Å². The lowest BCUT2D eigenvalue weighted by molar-refractivity contribution is 0.0693. The molecule has 6 nitrogen and oxygen atoms in total. The van der Waals surface area contributed by atoms with E-state index in [2.05, 4.69) is 10.00 Å². The van der Waals surface area contributed by atoms with Gasteiger partial charge in [-0.15, -0.1) is 0 Å². The Kier molecular flexibility index (Phi) is 5.11. The maximum absolute atomic E-state index is 11.0. The molecule has 0 radical (unpaired) electrons. The van der Waals surface area contributed by atoms with E-state index in [0.717, 1.165) is 18.8 Å². The quantitative estimate of drug-likeness (QED) is 0.756. The number of aromatic carboxylic acids is 1. The van der Waals surface area contributed by atoms with Crippen molar-refractivity contribution in [3.05, 3.63) is 17.5 Å². The second-order valence-corrected chi connectivity index (χ2v) is 3.80. The molecule has 0 saturated carbocycles. The maximum atomic E-state index is 11.0. The van der Waals surface area contributed by atoms with Gasteiger partial charge in [-0.3, -0.25) is 9.58 Å². The Morgan fingerprint density at radius 2 is 2.35 bits per heavy atom. The highest BCUT2D eigenvalue weighted by molar-refractivity contribution is 5.88. The first-order valence-corrected chi connectivity index (χ1v) is 5.55. The van der Waals surface area contributed by atoms with Gasteiger partial charge in [0.2, 0.25) is 0 Å². The summed E-state index contributed by atoms with van der Waals surface area (Å²) in [6.07, 6.45) is 1.39. The number of carboxylic acid groups (broad SMARTS) is 1. The summed E-state index contributed by atoms with van der Waals surface area (Å²) < 4.78 is 6.63. The Bertz CT molecular complexity index is 376. The molecule has 1 rings (SSSR count). The van der Waals surface area contributed by atoms with Crippen molar-refractivity contribution in [1.29, 1.82) is 0 Å². The summed E-state index contributed by atoms with van der Waals surface area (Å²) in [6, 6.07) is 0. The lowest BCUT2D eigenvalue weighted by atomic mass is 10.2. The average Bonchev–Trinajstić information content (AvgIpc) is 2.66. The van der Waals surface area contributed by atoms with Gasteiger partial charge in [-0.1, -0.05) is 6.92 Å². The van der Waals surface area contributed by atoms with Crippen LogP contribution in [0.4, 0.5) is 0 Å². The van der Waals surface area contributed by atoms with Crippen LogP contribution >= 0.6 is 0 Å². The first-order chi connectivity index (χ1) is 8.10. The van der Waals surface area contributed by atoms with Crippen LogP contribution in [0.5, 0.6) is 0 Å². The SMILES string of the molecule is CCN(CCOC)Cc1c(C(=O)O)cnn1C. The van der Waals surface area contributed by atoms with Gasteiger partial charge in [-0.25, -0.2) is 4.79 Å². The zero-order chi connectivity index (χ0) is 12.8. The van der Waals surface area contributed by atoms with E-state index in [9.17, 15) is 4.79 Å². The largest absolute Gasteiger partial charge is 0.478 e. The summed E-state index contributed by atoms with van der Waals surface area (Å²) in [5.74, 6) is -0.934. The zero-order valence-corrected chi connectivity index (χ0v) is 10.5. The fourth-order valence-corrected chi connectivity index (χ4v) is 1.61. The molecule has 96 valence electrons. The molecule has 0 saturated heterocycles. The molecule has 0 bridgehead atoms. The van der Waals surface area contributed by atoms with Crippen molar-refractivity contribution >= 4 is 5.97 Å². The molecule has 0 aliphatic carbocycles. The van der Waals surface area contributed by atoms with Crippen LogP contribution in [0.1, 0.15) is 23.0 Å². The molecular weight excluding hydrogens is 222 g/mol. The van der Waals surface area contributed by atoms with Gasteiger partial charge in [-0.05, 0) is 6.54 Å². The Hall–Kier alpha value is -1.40. The molecule has 0 spiro atoms. The monoisotopic (exact) mass is 241 g/mol. The van der Waals surface area contributed by atoms with Gasteiger partial charge < -0.3 is 9.84 Å². The summed E-state index contributed by atoms with van der Waals surface area (Å²) >= 11 is 0. The van der Waals surface area contributed by atoms with Crippen LogP contribution in [-0.2, 0) is 18.3 Å². The standard InChI is InChI=1S/C11H19N3O3/c1-4-14(5-6-17-3)8-10-9(11(15)16)7-12-13(10)2/h7H,4-6,8H2,1-3H3,(H,15,16). The minimum Gasteiger partial charge on any atom is -0.478 e. The lowest BCUT2D eigenvalue weighted by Crippen LogP contribution is -2.28. The topological polar surface area (TPSA) is 67.6 Å². The smallest absolute Gasteiger partial charge is 0.339 e. The zero-order valence-electron chi connectivity index (χ0n) is 10.5. The van der Waals surface area contributed by atoms with E-state index in [4.69, 9.17) is 9.84 Å². The number of likely N-dealkylation sites (N-methyl/N-ethyl adjacent to an activating group) is 1. The highest BCUT2D eigenvalue weighted by atomic mass is 16.5. The highest BCUT2D eigenvalue weighted by Gasteiger charge is 2.17. The van der Waals surface area contributed by atoms with Crippen LogP contribution in [0.25, 0.3) is 0 Å². The lowest BCUT2D eigenvalue weighted by Gasteiger charge is -2.20. The van der Waals surface area contributed by atoms with Crippen molar-refractivity contribution in [3.63, 3.8) is 0 Å². The third kappa shape index (κ3) is 3.54.